The molecule has 1 aromatic carbocycles. The van der Waals surface area contributed by atoms with Gasteiger partial charge >= 0.3 is 0 Å². The number of hydrogen-bond acceptors (Lipinski definition) is 6. The summed E-state index contributed by atoms with van der Waals surface area (Å²) in [6.07, 6.45) is 3.03. The number of rotatable bonds is 8. The van der Waals surface area contributed by atoms with E-state index in [0.717, 1.165) is 28.9 Å². The average molecular weight is 393 g/mol. The van der Waals surface area contributed by atoms with E-state index in [-0.39, 0.29) is 5.91 Å². The Kier molecular flexibility index (Phi) is 6.59. The number of amides is 1. The highest BCUT2D eigenvalue weighted by Crippen LogP contribution is 2.26. The van der Waals surface area contributed by atoms with Crippen LogP contribution in [0.4, 0.5) is 5.95 Å². The quantitative estimate of drug-likeness (QED) is 0.579. The van der Waals surface area contributed by atoms with E-state index in [1.165, 1.54) is 0 Å². The van der Waals surface area contributed by atoms with E-state index >= 15 is 0 Å². The highest BCUT2D eigenvalue weighted by atomic mass is 16.5. The summed E-state index contributed by atoms with van der Waals surface area (Å²) in [5, 5.41) is 3.98. The monoisotopic (exact) mass is 393 g/mol. The summed E-state index contributed by atoms with van der Waals surface area (Å²) in [5.41, 5.74) is 3.35. The van der Waals surface area contributed by atoms with Crippen LogP contribution in [0.1, 0.15) is 36.7 Å². The first kappa shape index (κ1) is 20.5. The van der Waals surface area contributed by atoms with Gasteiger partial charge in [0, 0.05) is 39.3 Å². The third-order valence-electron chi connectivity index (χ3n) is 4.52. The molecule has 0 saturated heterocycles. The Morgan fingerprint density at radius 3 is 2.52 bits per heavy atom. The van der Waals surface area contributed by atoms with Crippen LogP contribution in [0.2, 0.25) is 0 Å². The van der Waals surface area contributed by atoms with Crippen LogP contribution in [0.3, 0.4) is 0 Å². The van der Waals surface area contributed by atoms with Gasteiger partial charge in [-0.25, -0.2) is 9.97 Å². The van der Waals surface area contributed by atoms with Crippen LogP contribution in [0.5, 0.6) is 0 Å². The Bertz CT molecular complexity index is 953. The largest absolute Gasteiger partial charge is 0.356 e. The molecule has 0 N–H and O–H groups in total. The van der Waals surface area contributed by atoms with E-state index in [2.05, 4.69) is 10.1 Å². The van der Waals surface area contributed by atoms with E-state index < -0.39 is 0 Å². The normalized spacial score (nSPS) is 10.8. The Hall–Kier alpha value is -3.22. The topological polar surface area (TPSA) is 75.4 Å². The summed E-state index contributed by atoms with van der Waals surface area (Å²) in [6, 6.07) is 11.8. The smallest absolute Gasteiger partial charge is 0.225 e. The van der Waals surface area contributed by atoms with Gasteiger partial charge in [0.25, 0.3) is 0 Å². The standard InChI is InChI=1S/C22H27N5O2/c1-5-9-21(28)27(14-17-10-7-6-8-11-17)15-19-18(20-12-16(2)25-29-20)13-23-22(24-19)26(3)4/h6-8,10-13H,5,9,14-15H2,1-4H3. The predicted octanol–water partition coefficient (Wildman–Crippen LogP) is 3.83. The molecule has 0 aliphatic rings. The second-order valence-corrected chi connectivity index (χ2v) is 7.24. The molecule has 0 spiro atoms. The van der Waals surface area contributed by atoms with E-state index in [9.17, 15) is 4.79 Å². The summed E-state index contributed by atoms with van der Waals surface area (Å²) < 4.78 is 5.45. The first-order valence-corrected chi connectivity index (χ1v) is 9.76. The van der Waals surface area contributed by atoms with Gasteiger partial charge in [-0.05, 0) is 18.9 Å². The van der Waals surface area contributed by atoms with Crippen LogP contribution in [0, 0.1) is 6.92 Å². The first-order chi connectivity index (χ1) is 14.0. The second kappa shape index (κ2) is 9.32. The number of anilines is 1. The van der Waals surface area contributed by atoms with Gasteiger partial charge < -0.3 is 14.3 Å². The number of carbonyl (C=O) groups is 1. The van der Waals surface area contributed by atoms with Gasteiger partial charge in [0.1, 0.15) is 0 Å². The molecule has 0 atom stereocenters. The highest BCUT2D eigenvalue weighted by Gasteiger charge is 2.20. The lowest BCUT2D eigenvalue weighted by Crippen LogP contribution is -2.30. The van der Waals surface area contributed by atoms with E-state index in [1.54, 1.807) is 6.20 Å². The number of carbonyl (C=O) groups excluding carboxylic acids is 1. The number of nitrogens with zero attached hydrogens (tertiary/aromatic N) is 5. The minimum absolute atomic E-state index is 0.0982. The van der Waals surface area contributed by atoms with Crippen LogP contribution in [-0.4, -0.2) is 40.0 Å². The highest BCUT2D eigenvalue weighted by molar-refractivity contribution is 5.76. The zero-order valence-corrected chi connectivity index (χ0v) is 17.4. The molecule has 0 radical (unpaired) electrons. The van der Waals surface area contributed by atoms with E-state index in [1.807, 2.05) is 74.1 Å². The predicted molar refractivity (Wildman–Crippen MR) is 112 cm³/mol. The van der Waals surface area contributed by atoms with Crippen LogP contribution in [0.15, 0.2) is 47.1 Å². The van der Waals surface area contributed by atoms with Crippen LogP contribution < -0.4 is 4.90 Å². The van der Waals surface area contributed by atoms with Gasteiger partial charge in [-0.3, -0.25) is 4.79 Å². The van der Waals surface area contributed by atoms with Crippen molar-refractivity contribution in [3.05, 3.63) is 59.5 Å². The number of benzene rings is 1. The van der Waals surface area contributed by atoms with E-state index in [4.69, 9.17) is 9.51 Å². The molecule has 152 valence electrons. The molecule has 7 nitrogen and oxygen atoms in total. The number of hydrogen-bond donors (Lipinski definition) is 0. The van der Waals surface area contributed by atoms with Gasteiger partial charge in [-0.15, -0.1) is 0 Å². The van der Waals surface area contributed by atoms with Gasteiger partial charge in [-0.2, -0.15) is 0 Å². The summed E-state index contributed by atoms with van der Waals surface area (Å²) in [6.45, 7) is 4.77. The molecule has 7 heteroatoms. The van der Waals surface area contributed by atoms with Crippen molar-refractivity contribution in [2.45, 2.75) is 39.8 Å². The summed E-state index contributed by atoms with van der Waals surface area (Å²) in [5.74, 6) is 1.29. The molecule has 0 aliphatic carbocycles. The third kappa shape index (κ3) is 5.19. The zero-order chi connectivity index (χ0) is 20.8. The van der Waals surface area contributed by atoms with Crippen LogP contribution in [-0.2, 0) is 17.9 Å². The Morgan fingerprint density at radius 2 is 1.90 bits per heavy atom. The molecule has 2 aromatic heterocycles. The van der Waals surface area contributed by atoms with Crippen molar-refractivity contribution in [3.8, 4) is 11.3 Å². The molecular weight excluding hydrogens is 366 g/mol. The number of aromatic nitrogens is 3. The molecule has 2 heterocycles. The minimum Gasteiger partial charge on any atom is -0.356 e. The van der Waals surface area contributed by atoms with Gasteiger partial charge in [0.15, 0.2) is 5.76 Å². The fourth-order valence-corrected chi connectivity index (χ4v) is 3.03. The molecule has 0 saturated carbocycles. The molecule has 1 amide bonds. The maximum Gasteiger partial charge on any atom is 0.225 e. The molecule has 0 fully saturated rings. The van der Waals surface area contributed by atoms with Crippen molar-refractivity contribution >= 4 is 11.9 Å². The zero-order valence-electron chi connectivity index (χ0n) is 17.4. The SMILES string of the molecule is CCCC(=O)N(Cc1ccccc1)Cc1nc(N(C)C)ncc1-c1cc(C)no1. The first-order valence-electron chi connectivity index (χ1n) is 9.76. The van der Waals surface area contributed by atoms with Crippen molar-refractivity contribution in [1.82, 2.24) is 20.0 Å². The van der Waals surface area contributed by atoms with E-state index in [0.29, 0.717) is 31.2 Å². The fourth-order valence-electron chi connectivity index (χ4n) is 3.03. The van der Waals surface area contributed by atoms with Gasteiger partial charge in [0.05, 0.1) is 23.5 Å². The van der Waals surface area contributed by atoms with Crippen molar-refractivity contribution in [3.63, 3.8) is 0 Å². The molecule has 3 rings (SSSR count). The van der Waals surface area contributed by atoms with Crippen molar-refractivity contribution in [2.24, 2.45) is 0 Å². The molecule has 0 unspecified atom stereocenters. The number of aryl methyl sites for hydroxylation is 1. The summed E-state index contributed by atoms with van der Waals surface area (Å²) in [7, 11) is 3.78. The molecule has 0 bridgehead atoms. The maximum atomic E-state index is 12.9. The summed E-state index contributed by atoms with van der Waals surface area (Å²) in [4.78, 5) is 25.7. The van der Waals surface area contributed by atoms with Crippen LogP contribution in [0.25, 0.3) is 11.3 Å². The minimum atomic E-state index is 0.0982. The van der Waals surface area contributed by atoms with Gasteiger partial charge in [-0.1, -0.05) is 42.4 Å². The fraction of sp³-hybridized carbons (Fsp3) is 0.364. The van der Waals surface area contributed by atoms with Crippen molar-refractivity contribution in [1.29, 1.82) is 0 Å². The summed E-state index contributed by atoms with van der Waals surface area (Å²) >= 11 is 0. The lowest BCUT2D eigenvalue weighted by Gasteiger charge is -2.24. The maximum absolute atomic E-state index is 12.9. The van der Waals surface area contributed by atoms with Crippen LogP contribution >= 0.6 is 0 Å². The molecule has 29 heavy (non-hydrogen) atoms. The lowest BCUT2D eigenvalue weighted by molar-refractivity contribution is -0.132. The molecule has 3 aromatic rings. The Morgan fingerprint density at radius 1 is 1.14 bits per heavy atom. The average Bonchev–Trinajstić information content (AvgIpc) is 3.14. The third-order valence-corrected chi connectivity index (χ3v) is 4.52. The Labute approximate surface area is 171 Å². The van der Waals surface area contributed by atoms with Gasteiger partial charge in [0.2, 0.25) is 11.9 Å². The second-order valence-electron chi connectivity index (χ2n) is 7.24. The molecule has 0 aliphatic heterocycles. The Balaban J connectivity index is 1.98. The molecular formula is C22H27N5O2. The lowest BCUT2D eigenvalue weighted by atomic mass is 10.1. The van der Waals surface area contributed by atoms with Crippen molar-refractivity contribution < 1.29 is 9.32 Å². The van der Waals surface area contributed by atoms with Crippen molar-refractivity contribution in [2.75, 3.05) is 19.0 Å².